The molecule has 1 rings (SSSR count). The van der Waals surface area contributed by atoms with Gasteiger partial charge in [0, 0.05) is 18.2 Å². The fourth-order valence-corrected chi connectivity index (χ4v) is 3.33. The number of sulfonamides is 1. The van der Waals surface area contributed by atoms with Gasteiger partial charge in [0.15, 0.2) is 0 Å². The van der Waals surface area contributed by atoms with Crippen molar-refractivity contribution in [2.45, 2.75) is 38.6 Å². The number of carboxylic acids is 1. The summed E-state index contributed by atoms with van der Waals surface area (Å²) in [7, 11) is -2.53. The number of carbonyl (C=O) groups excluding carboxylic acids is 1. The number of rotatable bonds is 8. The van der Waals surface area contributed by atoms with Gasteiger partial charge >= 0.3 is 5.97 Å². The van der Waals surface area contributed by atoms with Crippen LogP contribution < -0.4 is 14.8 Å². The Hall–Kier alpha value is -2.13. The molecular formula is C16H24N2O6S. The van der Waals surface area contributed by atoms with E-state index >= 15 is 0 Å². The number of carboxylic acid groups (broad SMARTS) is 1. The summed E-state index contributed by atoms with van der Waals surface area (Å²) in [6.07, 6.45) is 0. The summed E-state index contributed by atoms with van der Waals surface area (Å²) < 4.78 is 32.3. The molecule has 0 bridgehead atoms. The smallest absolute Gasteiger partial charge is 0.310 e. The van der Waals surface area contributed by atoms with Gasteiger partial charge in [0.05, 0.1) is 12.5 Å². The first-order valence-corrected chi connectivity index (χ1v) is 9.11. The molecule has 0 spiro atoms. The first-order valence-electron chi connectivity index (χ1n) is 7.62. The second-order valence-electron chi connectivity index (χ2n) is 6.51. The van der Waals surface area contributed by atoms with E-state index in [0.717, 1.165) is 0 Å². The lowest BCUT2D eigenvalue weighted by molar-refractivity contribution is -0.146. The SMILES string of the molecule is COc1ccc(C(=O)NCC(C)(C)C(=O)O)cc1S(=O)(=O)NC(C)C. The van der Waals surface area contributed by atoms with Crippen LogP contribution in [0.2, 0.25) is 0 Å². The van der Waals surface area contributed by atoms with Gasteiger partial charge in [0.2, 0.25) is 10.0 Å². The number of amides is 1. The van der Waals surface area contributed by atoms with Crippen LogP contribution >= 0.6 is 0 Å². The molecule has 0 saturated heterocycles. The van der Waals surface area contributed by atoms with Gasteiger partial charge in [-0.2, -0.15) is 0 Å². The minimum absolute atomic E-state index is 0.0890. The molecule has 3 N–H and O–H groups in total. The van der Waals surface area contributed by atoms with Crippen molar-refractivity contribution in [2.75, 3.05) is 13.7 Å². The van der Waals surface area contributed by atoms with Gasteiger partial charge in [-0.05, 0) is 45.9 Å². The molecule has 8 nitrogen and oxygen atoms in total. The summed E-state index contributed by atoms with van der Waals surface area (Å²) in [5.41, 5.74) is -1.05. The third-order valence-corrected chi connectivity index (χ3v) is 5.06. The second-order valence-corrected chi connectivity index (χ2v) is 8.20. The molecule has 0 unspecified atom stereocenters. The van der Waals surface area contributed by atoms with E-state index in [9.17, 15) is 18.0 Å². The van der Waals surface area contributed by atoms with Crippen molar-refractivity contribution in [3.8, 4) is 5.75 Å². The van der Waals surface area contributed by atoms with Crippen LogP contribution in [0.25, 0.3) is 0 Å². The Balaban J connectivity index is 3.13. The predicted molar refractivity (Wildman–Crippen MR) is 92.2 cm³/mol. The Kier molecular flexibility index (Phi) is 6.55. The quantitative estimate of drug-likeness (QED) is 0.631. The molecule has 1 aromatic rings. The average Bonchev–Trinajstić information content (AvgIpc) is 2.50. The number of ether oxygens (including phenoxy) is 1. The van der Waals surface area contributed by atoms with Crippen LogP contribution in [0.5, 0.6) is 5.75 Å². The van der Waals surface area contributed by atoms with Crippen LogP contribution in [0.4, 0.5) is 0 Å². The van der Waals surface area contributed by atoms with Gasteiger partial charge in [0.1, 0.15) is 10.6 Å². The third-order valence-electron chi connectivity index (χ3n) is 3.38. The zero-order chi connectivity index (χ0) is 19.4. The highest BCUT2D eigenvalue weighted by Crippen LogP contribution is 2.25. The molecule has 25 heavy (non-hydrogen) atoms. The maximum atomic E-state index is 12.4. The average molecular weight is 372 g/mol. The third kappa shape index (κ3) is 5.43. The van der Waals surface area contributed by atoms with Crippen molar-refractivity contribution < 1.29 is 27.9 Å². The molecular weight excluding hydrogens is 348 g/mol. The molecule has 0 aliphatic rings. The Labute approximate surface area is 147 Å². The van der Waals surface area contributed by atoms with Crippen molar-refractivity contribution in [2.24, 2.45) is 5.41 Å². The summed E-state index contributed by atoms with van der Waals surface area (Å²) in [5, 5.41) is 11.6. The van der Waals surface area contributed by atoms with Gasteiger partial charge < -0.3 is 15.2 Å². The summed E-state index contributed by atoms with van der Waals surface area (Å²) in [4.78, 5) is 23.2. The Morgan fingerprint density at radius 2 is 1.88 bits per heavy atom. The molecule has 1 amide bonds. The molecule has 0 aromatic heterocycles. The highest BCUT2D eigenvalue weighted by molar-refractivity contribution is 7.89. The van der Waals surface area contributed by atoms with E-state index in [-0.39, 0.29) is 28.8 Å². The molecule has 0 atom stereocenters. The Morgan fingerprint density at radius 3 is 2.36 bits per heavy atom. The van der Waals surface area contributed by atoms with Crippen molar-refractivity contribution in [3.63, 3.8) is 0 Å². The molecule has 0 aliphatic heterocycles. The van der Waals surface area contributed by atoms with E-state index in [4.69, 9.17) is 9.84 Å². The van der Waals surface area contributed by atoms with Crippen molar-refractivity contribution in [1.82, 2.24) is 10.0 Å². The van der Waals surface area contributed by atoms with E-state index in [1.165, 1.54) is 39.2 Å². The molecule has 0 saturated carbocycles. The molecule has 0 aliphatic carbocycles. The lowest BCUT2D eigenvalue weighted by Crippen LogP contribution is -2.39. The van der Waals surface area contributed by atoms with Crippen molar-refractivity contribution in [1.29, 1.82) is 0 Å². The summed E-state index contributed by atoms with van der Waals surface area (Å²) >= 11 is 0. The normalized spacial score (nSPS) is 12.1. The van der Waals surface area contributed by atoms with Crippen LogP contribution in [0.15, 0.2) is 23.1 Å². The lowest BCUT2D eigenvalue weighted by atomic mass is 9.94. The fourth-order valence-electron chi connectivity index (χ4n) is 1.88. The molecule has 9 heteroatoms. The van der Waals surface area contributed by atoms with Crippen LogP contribution in [-0.2, 0) is 14.8 Å². The van der Waals surface area contributed by atoms with E-state index in [0.29, 0.717) is 0 Å². The molecule has 0 radical (unpaired) electrons. The molecule has 140 valence electrons. The van der Waals surface area contributed by atoms with Gasteiger partial charge in [-0.3, -0.25) is 9.59 Å². The highest BCUT2D eigenvalue weighted by Gasteiger charge is 2.28. The monoisotopic (exact) mass is 372 g/mol. The minimum Gasteiger partial charge on any atom is -0.495 e. The van der Waals surface area contributed by atoms with Crippen LogP contribution in [0, 0.1) is 5.41 Å². The van der Waals surface area contributed by atoms with Crippen LogP contribution in [0.3, 0.4) is 0 Å². The maximum Gasteiger partial charge on any atom is 0.310 e. The fraction of sp³-hybridized carbons (Fsp3) is 0.500. The van der Waals surface area contributed by atoms with Gasteiger partial charge in [-0.15, -0.1) is 0 Å². The summed E-state index contributed by atoms with van der Waals surface area (Å²) in [6, 6.07) is 3.67. The maximum absolute atomic E-state index is 12.4. The largest absolute Gasteiger partial charge is 0.495 e. The summed E-state index contributed by atoms with van der Waals surface area (Å²) in [5.74, 6) is -1.51. The van der Waals surface area contributed by atoms with Crippen molar-refractivity contribution >= 4 is 21.9 Å². The standard InChI is InChI=1S/C16H24N2O6S/c1-10(2)18-25(22,23)13-8-11(6-7-12(13)24-5)14(19)17-9-16(3,4)15(20)21/h6-8,10,18H,9H2,1-5H3,(H,17,19)(H,20,21). The first kappa shape index (κ1) is 20.9. The predicted octanol–water partition coefficient (Wildman–Crippen LogP) is 1.22. The second kappa shape index (κ2) is 7.83. The number of hydrogen-bond acceptors (Lipinski definition) is 5. The number of methoxy groups -OCH3 is 1. The van der Waals surface area contributed by atoms with Gasteiger partial charge in [-0.1, -0.05) is 0 Å². The highest BCUT2D eigenvalue weighted by atomic mass is 32.2. The first-order chi connectivity index (χ1) is 11.4. The minimum atomic E-state index is -3.86. The Morgan fingerprint density at radius 1 is 1.28 bits per heavy atom. The van der Waals surface area contributed by atoms with E-state index in [2.05, 4.69) is 10.0 Å². The number of aliphatic carboxylic acids is 1. The number of benzene rings is 1. The van der Waals surface area contributed by atoms with Crippen LogP contribution in [0.1, 0.15) is 38.1 Å². The molecule has 1 aromatic carbocycles. The number of nitrogens with one attached hydrogen (secondary N) is 2. The summed E-state index contributed by atoms with van der Waals surface area (Å²) in [6.45, 7) is 6.21. The zero-order valence-corrected chi connectivity index (χ0v) is 15.7. The van der Waals surface area contributed by atoms with Gasteiger partial charge in [0.25, 0.3) is 5.91 Å². The van der Waals surface area contributed by atoms with E-state index in [1.54, 1.807) is 13.8 Å². The van der Waals surface area contributed by atoms with Gasteiger partial charge in [-0.25, -0.2) is 13.1 Å². The molecule has 0 heterocycles. The van der Waals surface area contributed by atoms with E-state index in [1.807, 2.05) is 0 Å². The topological polar surface area (TPSA) is 122 Å². The molecule has 0 fully saturated rings. The Bertz CT molecular complexity index is 756. The lowest BCUT2D eigenvalue weighted by Gasteiger charge is -2.19. The van der Waals surface area contributed by atoms with Crippen LogP contribution in [-0.4, -0.2) is 45.1 Å². The van der Waals surface area contributed by atoms with Crippen molar-refractivity contribution in [3.05, 3.63) is 23.8 Å². The van der Waals surface area contributed by atoms with E-state index < -0.39 is 27.3 Å². The number of hydrogen-bond donors (Lipinski definition) is 3. The number of carbonyl (C=O) groups is 2. The zero-order valence-electron chi connectivity index (χ0n) is 14.9.